The first-order valence-corrected chi connectivity index (χ1v) is 7.54. The van der Waals surface area contributed by atoms with Gasteiger partial charge in [-0.25, -0.2) is 4.98 Å². The van der Waals surface area contributed by atoms with Crippen molar-refractivity contribution in [2.24, 2.45) is 0 Å². The van der Waals surface area contributed by atoms with E-state index in [4.69, 9.17) is 0 Å². The van der Waals surface area contributed by atoms with Crippen LogP contribution in [0.2, 0.25) is 0 Å². The lowest BCUT2D eigenvalue weighted by molar-refractivity contribution is 0.723. The maximum atomic E-state index is 4.57. The Kier molecular flexibility index (Phi) is 5.13. The van der Waals surface area contributed by atoms with E-state index < -0.39 is 0 Å². The van der Waals surface area contributed by atoms with E-state index in [1.165, 1.54) is 23.5 Å². The number of hydrogen-bond acceptors (Lipinski definition) is 4. The summed E-state index contributed by atoms with van der Waals surface area (Å²) in [5, 5.41) is 3.32. The number of nitrogens with one attached hydrogen (secondary N) is 1. The lowest BCUT2D eigenvalue weighted by Gasteiger charge is -2.21. The highest BCUT2D eigenvalue weighted by Gasteiger charge is 2.10. The van der Waals surface area contributed by atoms with Crippen LogP contribution in [0.25, 0.3) is 0 Å². The molecular weight excluding hydrogens is 230 g/mol. The molecule has 1 aromatic rings. The molecule has 1 aliphatic heterocycles. The molecule has 0 aliphatic carbocycles. The quantitative estimate of drug-likeness (QED) is 0.887. The van der Waals surface area contributed by atoms with Crippen LogP contribution in [0.5, 0.6) is 0 Å². The fourth-order valence-corrected chi connectivity index (χ4v) is 2.84. The van der Waals surface area contributed by atoms with Crippen LogP contribution in [0.4, 0.5) is 5.82 Å². The van der Waals surface area contributed by atoms with Gasteiger partial charge in [0.15, 0.2) is 0 Å². The molecule has 0 unspecified atom stereocenters. The maximum absolute atomic E-state index is 4.57. The highest BCUT2D eigenvalue weighted by molar-refractivity contribution is 7.99. The van der Waals surface area contributed by atoms with Crippen LogP contribution in [0.3, 0.4) is 0 Å². The Morgan fingerprint density at radius 1 is 1.35 bits per heavy atom. The van der Waals surface area contributed by atoms with Gasteiger partial charge < -0.3 is 10.2 Å². The minimum Gasteiger partial charge on any atom is -0.356 e. The second-order valence-electron chi connectivity index (χ2n) is 4.26. The first-order chi connectivity index (χ1) is 8.40. The molecule has 0 radical (unpaired) electrons. The lowest BCUT2D eigenvalue weighted by Crippen LogP contribution is -2.26. The van der Waals surface area contributed by atoms with Gasteiger partial charge in [-0.1, -0.05) is 13.0 Å². The van der Waals surface area contributed by atoms with Crippen molar-refractivity contribution in [2.75, 3.05) is 36.0 Å². The molecule has 3 nitrogen and oxygen atoms in total. The fraction of sp³-hybridized carbons (Fsp3) is 0.615. The molecule has 17 heavy (non-hydrogen) atoms. The Morgan fingerprint density at radius 2 is 2.29 bits per heavy atom. The Labute approximate surface area is 108 Å². The summed E-state index contributed by atoms with van der Waals surface area (Å²) in [7, 11) is 0. The Morgan fingerprint density at radius 3 is 3.06 bits per heavy atom. The molecule has 0 aromatic carbocycles. The van der Waals surface area contributed by atoms with Crippen molar-refractivity contribution in [1.82, 2.24) is 10.3 Å². The second-order valence-corrected chi connectivity index (χ2v) is 5.48. The number of hydrogen-bond donors (Lipinski definition) is 1. The van der Waals surface area contributed by atoms with Crippen LogP contribution in [0, 0.1) is 0 Å². The van der Waals surface area contributed by atoms with E-state index in [-0.39, 0.29) is 0 Å². The van der Waals surface area contributed by atoms with Gasteiger partial charge >= 0.3 is 0 Å². The summed E-state index contributed by atoms with van der Waals surface area (Å²) >= 11 is 2.05. The molecule has 4 heteroatoms. The van der Waals surface area contributed by atoms with Gasteiger partial charge in [-0.05, 0) is 30.3 Å². The predicted molar refractivity (Wildman–Crippen MR) is 75.8 cm³/mol. The van der Waals surface area contributed by atoms with Crippen LogP contribution < -0.4 is 10.2 Å². The van der Waals surface area contributed by atoms with Gasteiger partial charge in [0, 0.05) is 31.6 Å². The van der Waals surface area contributed by atoms with Crippen molar-refractivity contribution >= 4 is 17.6 Å². The zero-order chi connectivity index (χ0) is 11.9. The normalized spacial score (nSPS) is 16.9. The summed E-state index contributed by atoms with van der Waals surface area (Å²) in [6.45, 7) is 6.32. The Balaban J connectivity index is 1.96. The lowest BCUT2D eigenvalue weighted by atomic mass is 10.2. The van der Waals surface area contributed by atoms with Gasteiger partial charge in [0.05, 0.1) is 0 Å². The number of nitrogens with zero attached hydrogens (tertiary/aromatic N) is 2. The zero-order valence-corrected chi connectivity index (χ0v) is 11.3. The van der Waals surface area contributed by atoms with Crippen LogP contribution in [0.15, 0.2) is 18.3 Å². The highest BCUT2D eigenvalue weighted by Crippen LogP contribution is 2.17. The molecule has 0 amide bonds. The molecule has 0 bridgehead atoms. The van der Waals surface area contributed by atoms with Crippen molar-refractivity contribution in [3.05, 3.63) is 23.9 Å². The van der Waals surface area contributed by atoms with Crippen molar-refractivity contribution < 1.29 is 0 Å². The van der Waals surface area contributed by atoms with Crippen molar-refractivity contribution in [1.29, 1.82) is 0 Å². The van der Waals surface area contributed by atoms with Crippen molar-refractivity contribution in [3.8, 4) is 0 Å². The average Bonchev–Trinajstić information content (AvgIpc) is 2.66. The summed E-state index contributed by atoms with van der Waals surface area (Å²) in [4.78, 5) is 6.97. The molecule has 1 aromatic heterocycles. The van der Waals surface area contributed by atoms with Crippen molar-refractivity contribution in [2.45, 2.75) is 19.9 Å². The minimum absolute atomic E-state index is 0.916. The second kappa shape index (κ2) is 6.87. The maximum Gasteiger partial charge on any atom is 0.128 e. The zero-order valence-electron chi connectivity index (χ0n) is 10.5. The third kappa shape index (κ3) is 3.89. The number of aromatic nitrogens is 1. The largest absolute Gasteiger partial charge is 0.356 e. The van der Waals surface area contributed by atoms with E-state index in [1.807, 2.05) is 18.0 Å². The van der Waals surface area contributed by atoms with Crippen LogP contribution in [-0.2, 0) is 6.54 Å². The smallest absolute Gasteiger partial charge is 0.128 e. The topological polar surface area (TPSA) is 28.2 Å². The summed E-state index contributed by atoms with van der Waals surface area (Å²) in [5.41, 5.74) is 1.26. The first-order valence-electron chi connectivity index (χ1n) is 6.38. The van der Waals surface area contributed by atoms with Gasteiger partial charge in [0.25, 0.3) is 0 Å². The summed E-state index contributed by atoms with van der Waals surface area (Å²) in [5.74, 6) is 3.64. The minimum atomic E-state index is 0.916. The monoisotopic (exact) mass is 251 g/mol. The molecule has 0 atom stereocenters. The SMILES string of the molecule is CCNCc1ccc(N2CCCSCC2)nc1. The van der Waals surface area contributed by atoms with Gasteiger partial charge in [0.2, 0.25) is 0 Å². The Hall–Kier alpha value is -0.740. The average molecular weight is 251 g/mol. The van der Waals surface area contributed by atoms with E-state index in [0.717, 1.165) is 32.0 Å². The molecule has 1 aliphatic rings. The van der Waals surface area contributed by atoms with Crippen LogP contribution >= 0.6 is 11.8 Å². The third-order valence-corrected chi connectivity index (χ3v) is 3.98. The summed E-state index contributed by atoms with van der Waals surface area (Å²) in [6, 6.07) is 4.34. The van der Waals surface area contributed by atoms with Gasteiger partial charge in [-0.3, -0.25) is 0 Å². The Bertz CT molecular complexity index is 318. The molecule has 2 rings (SSSR count). The molecule has 1 fully saturated rings. The summed E-state index contributed by atoms with van der Waals surface area (Å²) in [6.07, 6.45) is 3.27. The number of thioether (sulfide) groups is 1. The highest BCUT2D eigenvalue weighted by atomic mass is 32.2. The van der Waals surface area contributed by atoms with E-state index in [9.17, 15) is 0 Å². The van der Waals surface area contributed by atoms with Gasteiger partial charge in [-0.2, -0.15) is 11.8 Å². The van der Waals surface area contributed by atoms with Crippen LogP contribution in [-0.4, -0.2) is 36.1 Å². The standard InChI is InChI=1S/C13H21N3S/c1-2-14-10-12-4-5-13(15-11-12)16-6-3-8-17-9-7-16/h4-5,11,14H,2-3,6-10H2,1H3. The number of pyridine rings is 1. The number of rotatable bonds is 4. The molecule has 2 heterocycles. The molecular formula is C13H21N3S. The van der Waals surface area contributed by atoms with Crippen molar-refractivity contribution in [3.63, 3.8) is 0 Å². The third-order valence-electron chi connectivity index (χ3n) is 2.93. The molecule has 1 N–H and O–H groups in total. The molecule has 0 spiro atoms. The first kappa shape index (κ1) is 12.7. The molecule has 1 saturated heterocycles. The number of anilines is 1. The van der Waals surface area contributed by atoms with Gasteiger partial charge in [-0.15, -0.1) is 0 Å². The van der Waals surface area contributed by atoms with Gasteiger partial charge in [0.1, 0.15) is 5.82 Å². The summed E-state index contributed by atoms with van der Waals surface area (Å²) < 4.78 is 0. The van der Waals surface area contributed by atoms with Crippen LogP contribution in [0.1, 0.15) is 18.9 Å². The molecule has 0 saturated carbocycles. The predicted octanol–water partition coefficient (Wildman–Crippen LogP) is 2.13. The fourth-order valence-electron chi connectivity index (χ4n) is 1.95. The van der Waals surface area contributed by atoms with E-state index >= 15 is 0 Å². The molecule has 94 valence electrons. The van der Waals surface area contributed by atoms with E-state index in [2.05, 4.69) is 34.3 Å². The van der Waals surface area contributed by atoms with E-state index in [0.29, 0.717) is 0 Å². The van der Waals surface area contributed by atoms with E-state index in [1.54, 1.807) is 0 Å².